The van der Waals surface area contributed by atoms with E-state index in [1.165, 1.54) is 11.8 Å². The monoisotopic (exact) mass is 487 g/mol. The molecule has 4 rings (SSSR count). The van der Waals surface area contributed by atoms with E-state index in [0.717, 1.165) is 22.4 Å². The molecule has 1 N–H and O–H groups in total. The molecule has 0 spiro atoms. The highest BCUT2D eigenvalue weighted by Gasteiger charge is 2.18. The average molecular weight is 488 g/mol. The molecule has 1 aromatic heterocycles. The van der Waals surface area contributed by atoms with Crippen LogP contribution in [0.2, 0.25) is 0 Å². The molecule has 0 atom stereocenters. The number of hydrogen-bond donors (Lipinski definition) is 1. The van der Waals surface area contributed by atoms with Crippen molar-refractivity contribution in [2.24, 2.45) is 5.10 Å². The standard InChI is InChI=1S/C26H25N5O3S/c1-18-8-7-9-19(14-18)16-27-28-24(32)17-35-26-30-29-25(31(26)21-10-5-4-6-11-21)20-12-13-22(33-2)23(15-20)34-3/h4-16H,17H2,1-3H3,(H,28,32)/b27-16+. The van der Waals surface area contributed by atoms with Gasteiger partial charge in [0.2, 0.25) is 0 Å². The lowest BCUT2D eigenvalue weighted by Gasteiger charge is -2.12. The van der Waals surface area contributed by atoms with Gasteiger partial charge >= 0.3 is 0 Å². The Morgan fingerprint density at radius 1 is 1.00 bits per heavy atom. The van der Waals surface area contributed by atoms with Crippen LogP contribution >= 0.6 is 11.8 Å². The Kier molecular flexibility index (Phi) is 7.79. The third-order valence-corrected chi connectivity index (χ3v) is 6.00. The second-order valence-electron chi connectivity index (χ2n) is 7.54. The van der Waals surface area contributed by atoms with Crippen molar-refractivity contribution in [2.75, 3.05) is 20.0 Å². The molecule has 0 unspecified atom stereocenters. The second-order valence-corrected chi connectivity index (χ2v) is 8.49. The van der Waals surface area contributed by atoms with E-state index in [-0.39, 0.29) is 11.7 Å². The van der Waals surface area contributed by atoms with Gasteiger partial charge in [-0.25, -0.2) is 5.43 Å². The first-order chi connectivity index (χ1) is 17.1. The van der Waals surface area contributed by atoms with E-state index in [0.29, 0.717) is 22.5 Å². The molecule has 3 aromatic carbocycles. The first kappa shape index (κ1) is 24.0. The van der Waals surface area contributed by atoms with E-state index in [2.05, 4.69) is 20.7 Å². The Morgan fingerprint density at radius 2 is 1.80 bits per heavy atom. The summed E-state index contributed by atoms with van der Waals surface area (Å²) in [5.74, 6) is 1.72. The van der Waals surface area contributed by atoms with Crippen molar-refractivity contribution in [1.29, 1.82) is 0 Å². The maximum atomic E-state index is 12.4. The van der Waals surface area contributed by atoms with Crippen molar-refractivity contribution in [3.8, 4) is 28.6 Å². The van der Waals surface area contributed by atoms with Crippen LogP contribution in [-0.2, 0) is 4.79 Å². The van der Waals surface area contributed by atoms with E-state index >= 15 is 0 Å². The van der Waals surface area contributed by atoms with Crippen molar-refractivity contribution in [1.82, 2.24) is 20.2 Å². The van der Waals surface area contributed by atoms with Gasteiger partial charge in [0.25, 0.3) is 5.91 Å². The van der Waals surface area contributed by atoms with Crippen LogP contribution in [0, 0.1) is 6.92 Å². The highest BCUT2D eigenvalue weighted by molar-refractivity contribution is 7.99. The molecule has 9 heteroatoms. The van der Waals surface area contributed by atoms with Crippen LogP contribution in [-0.4, -0.2) is 46.9 Å². The zero-order valence-electron chi connectivity index (χ0n) is 19.6. The normalized spacial score (nSPS) is 10.9. The molecule has 178 valence electrons. The molecule has 0 aliphatic heterocycles. The van der Waals surface area contributed by atoms with Gasteiger partial charge in [0.05, 0.1) is 26.2 Å². The Labute approximate surface area is 208 Å². The van der Waals surface area contributed by atoms with Crippen LogP contribution in [0.25, 0.3) is 17.1 Å². The Bertz CT molecular complexity index is 1340. The number of thioether (sulfide) groups is 1. The number of amides is 1. The number of carbonyl (C=O) groups excluding carboxylic acids is 1. The van der Waals surface area contributed by atoms with Crippen LogP contribution in [0.1, 0.15) is 11.1 Å². The number of carbonyl (C=O) groups is 1. The molecular formula is C26H25N5O3S. The van der Waals surface area contributed by atoms with Crippen LogP contribution in [0.3, 0.4) is 0 Å². The lowest BCUT2D eigenvalue weighted by Crippen LogP contribution is -2.20. The van der Waals surface area contributed by atoms with Gasteiger partial charge in [-0.1, -0.05) is 59.8 Å². The van der Waals surface area contributed by atoms with Crippen molar-refractivity contribution < 1.29 is 14.3 Å². The first-order valence-corrected chi connectivity index (χ1v) is 11.8. The summed E-state index contributed by atoms with van der Waals surface area (Å²) in [6.45, 7) is 2.01. The third kappa shape index (κ3) is 5.88. The lowest BCUT2D eigenvalue weighted by atomic mass is 10.2. The van der Waals surface area contributed by atoms with E-state index in [1.807, 2.05) is 84.3 Å². The summed E-state index contributed by atoms with van der Waals surface area (Å²) in [6.07, 6.45) is 1.62. The number of aromatic nitrogens is 3. The topological polar surface area (TPSA) is 90.6 Å². The summed E-state index contributed by atoms with van der Waals surface area (Å²) in [5.41, 5.74) is 6.29. The SMILES string of the molecule is COc1ccc(-c2nnc(SCC(=O)N/N=C/c3cccc(C)c3)n2-c2ccccc2)cc1OC. The number of hydrogen-bond acceptors (Lipinski definition) is 7. The predicted molar refractivity (Wildman–Crippen MR) is 138 cm³/mol. The fourth-order valence-electron chi connectivity index (χ4n) is 3.43. The number of aryl methyl sites for hydroxylation is 1. The first-order valence-electron chi connectivity index (χ1n) is 10.8. The summed E-state index contributed by atoms with van der Waals surface area (Å²) in [4.78, 5) is 12.4. The maximum absolute atomic E-state index is 12.4. The van der Waals surface area contributed by atoms with Gasteiger partial charge in [-0.15, -0.1) is 10.2 Å². The number of methoxy groups -OCH3 is 2. The number of rotatable bonds is 9. The Morgan fingerprint density at radius 3 is 2.54 bits per heavy atom. The van der Waals surface area contributed by atoms with Gasteiger partial charge in [-0.05, 0) is 42.8 Å². The molecule has 0 saturated heterocycles. The highest BCUT2D eigenvalue weighted by atomic mass is 32.2. The molecule has 0 aliphatic rings. The Hall–Kier alpha value is -4.11. The van der Waals surface area contributed by atoms with Crippen LogP contribution < -0.4 is 14.9 Å². The van der Waals surface area contributed by atoms with Gasteiger partial charge in [-0.3, -0.25) is 9.36 Å². The number of hydrazone groups is 1. The number of benzene rings is 3. The molecule has 0 saturated carbocycles. The van der Waals surface area contributed by atoms with Crippen molar-refractivity contribution in [2.45, 2.75) is 12.1 Å². The predicted octanol–water partition coefficient (Wildman–Crippen LogP) is 4.50. The van der Waals surface area contributed by atoms with Crippen molar-refractivity contribution in [3.63, 3.8) is 0 Å². The lowest BCUT2D eigenvalue weighted by molar-refractivity contribution is -0.118. The molecule has 1 amide bonds. The fraction of sp³-hybridized carbons (Fsp3) is 0.154. The van der Waals surface area contributed by atoms with Gasteiger partial charge in [0, 0.05) is 11.3 Å². The molecule has 1 heterocycles. The van der Waals surface area contributed by atoms with E-state index in [1.54, 1.807) is 20.4 Å². The smallest absolute Gasteiger partial charge is 0.250 e. The van der Waals surface area contributed by atoms with E-state index in [9.17, 15) is 4.79 Å². The molecule has 4 aromatic rings. The zero-order valence-corrected chi connectivity index (χ0v) is 20.5. The Balaban J connectivity index is 1.54. The highest BCUT2D eigenvalue weighted by Crippen LogP contribution is 2.34. The summed E-state index contributed by atoms with van der Waals surface area (Å²) in [6, 6.07) is 23.2. The number of para-hydroxylation sites is 1. The number of nitrogens with one attached hydrogen (secondary N) is 1. The minimum Gasteiger partial charge on any atom is -0.493 e. The summed E-state index contributed by atoms with van der Waals surface area (Å²) >= 11 is 1.28. The second kappa shape index (κ2) is 11.3. The molecule has 35 heavy (non-hydrogen) atoms. The molecule has 0 aliphatic carbocycles. The van der Waals surface area contributed by atoms with Gasteiger partial charge in [-0.2, -0.15) is 5.10 Å². The largest absolute Gasteiger partial charge is 0.493 e. The van der Waals surface area contributed by atoms with Gasteiger partial charge in [0.15, 0.2) is 22.5 Å². The number of nitrogens with zero attached hydrogens (tertiary/aromatic N) is 4. The van der Waals surface area contributed by atoms with Crippen LogP contribution in [0.15, 0.2) is 83.1 Å². The summed E-state index contributed by atoms with van der Waals surface area (Å²) in [7, 11) is 3.18. The zero-order chi connectivity index (χ0) is 24.6. The average Bonchev–Trinajstić information content (AvgIpc) is 3.31. The van der Waals surface area contributed by atoms with Crippen LogP contribution in [0.4, 0.5) is 0 Å². The summed E-state index contributed by atoms with van der Waals surface area (Å²) < 4.78 is 12.7. The molecular weight excluding hydrogens is 462 g/mol. The number of ether oxygens (including phenoxy) is 2. The van der Waals surface area contributed by atoms with Gasteiger partial charge < -0.3 is 9.47 Å². The molecule has 0 bridgehead atoms. The van der Waals surface area contributed by atoms with Gasteiger partial charge in [0.1, 0.15) is 0 Å². The minimum absolute atomic E-state index is 0.127. The van der Waals surface area contributed by atoms with E-state index < -0.39 is 0 Å². The molecule has 0 radical (unpaired) electrons. The molecule has 0 fully saturated rings. The minimum atomic E-state index is -0.241. The fourth-order valence-corrected chi connectivity index (χ4v) is 4.17. The van der Waals surface area contributed by atoms with Crippen LogP contribution in [0.5, 0.6) is 11.5 Å². The maximum Gasteiger partial charge on any atom is 0.250 e. The van der Waals surface area contributed by atoms with E-state index in [4.69, 9.17) is 9.47 Å². The third-order valence-electron chi connectivity index (χ3n) is 5.07. The summed E-state index contributed by atoms with van der Waals surface area (Å²) in [5, 5.41) is 13.4. The van der Waals surface area contributed by atoms with Crippen molar-refractivity contribution in [3.05, 3.63) is 83.9 Å². The molecule has 8 nitrogen and oxygen atoms in total. The quantitative estimate of drug-likeness (QED) is 0.212. The van der Waals surface area contributed by atoms with Crippen molar-refractivity contribution >= 4 is 23.9 Å².